The van der Waals surface area contributed by atoms with Gasteiger partial charge in [0, 0.05) is 57.0 Å². The average Bonchev–Trinajstić information content (AvgIpc) is 3.46. The number of benzene rings is 2. The first-order chi connectivity index (χ1) is 19.4. The SMILES string of the molecule is Cl.O=C1OC2(CCN(C(=O)c3cc(C(F)(F)F)cc(C(F)(F)F)c3)CC2)C(c2ccccc2)CN1CCN1CCCC1. The summed E-state index contributed by atoms with van der Waals surface area (Å²) in [6.07, 6.45) is -7.89. The highest BCUT2D eigenvalue weighted by atomic mass is 35.5. The molecule has 13 heteroatoms. The van der Waals surface area contributed by atoms with Gasteiger partial charge in [-0.25, -0.2) is 4.79 Å². The number of hydrogen-bond acceptors (Lipinski definition) is 4. The molecule has 2 amide bonds. The zero-order valence-electron chi connectivity index (χ0n) is 22.7. The van der Waals surface area contributed by atoms with Gasteiger partial charge in [0.15, 0.2) is 0 Å². The summed E-state index contributed by atoms with van der Waals surface area (Å²) in [7, 11) is 0. The van der Waals surface area contributed by atoms with Gasteiger partial charge >= 0.3 is 18.4 Å². The second-order valence-corrected chi connectivity index (χ2v) is 11.0. The van der Waals surface area contributed by atoms with Gasteiger partial charge in [-0.05, 0) is 49.7 Å². The molecule has 6 nitrogen and oxygen atoms in total. The van der Waals surface area contributed by atoms with Crippen LogP contribution in [0.1, 0.15) is 58.6 Å². The summed E-state index contributed by atoms with van der Waals surface area (Å²) in [6.45, 7) is 3.68. The molecule has 42 heavy (non-hydrogen) atoms. The molecule has 2 aromatic rings. The van der Waals surface area contributed by atoms with Gasteiger partial charge in [-0.1, -0.05) is 30.3 Å². The summed E-state index contributed by atoms with van der Waals surface area (Å²) in [5.74, 6) is -1.15. The van der Waals surface area contributed by atoms with E-state index in [1.165, 1.54) is 4.90 Å². The summed E-state index contributed by atoms with van der Waals surface area (Å²) in [5.41, 5.74) is -3.76. The van der Waals surface area contributed by atoms with Gasteiger partial charge in [-0.15, -0.1) is 12.4 Å². The fourth-order valence-electron chi connectivity index (χ4n) is 6.12. The van der Waals surface area contributed by atoms with Gasteiger partial charge < -0.3 is 19.4 Å². The number of carbonyl (C=O) groups is 2. The van der Waals surface area contributed by atoms with Gasteiger partial charge in [0.05, 0.1) is 11.1 Å². The molecule has 1 atom stereocenters. The Morgan fingerprint density at radius 3 is 1.98 bits per heavy atom. The number of piperidine rings is 1. The Balaban J connectivity index is 0.00000405. The molecule has 3 saturated heterocycles. The second-order valence-electron chi connectivity index (χ2n) is 11.0. The van der Waals surface area contributed by atoms with Crippen LogP contribution in [0.2, 0.25) is 0 Å². The third-order valence-electron chi connectivity index (χ3n) is 8.41. The fraction of sp³-hybridized carbons (Fsp3) is 0.517. The first kappa shape index (κ1) is 31.9. The molecular weight excluding hydrogens is 588 g/mol. The normalized spacial score (nSPS) is 21.3. The number of halogens is 7. The number of carbonyl (C=O) groups excluding carboxylic acids is 2. The summed E-state index contributed by atoms with van der Waals surface area (Å²) in [5, 5.41) is 0. The van der Waals surface area contributed by atoms with Crippen molar-refractivity contribution in [2.45, 2.75) is 49.6 Å². The summed E-state index contributed by atoms with van der Waals surface area (Å²) >= 11 is 0. The van der Waals surface area contributed by atoms with Crippen molar-refractivity contribution in [3.63, 3.8) is 0 Å². The number of amides is 2. The minimum absolute atomic E-state index is 0. The van der Waals surface area contributed by atoms with Gasteiger partial charge in [0.1, 0.15) is 5.60 Å². The van der Waals surface area contributed by atoms with Crippen LogP contribution in [0.15, 0.2) is 48.5 Å². The molecule has 0 aromatic heterocycles. The van der Waals surface area contributed by atoms with Crippen molar-refractivity contribution < 1.29 is 40.7 Å². The zero-order valence-corrected chi connectivity index (χ0v) is 23.5. The number of nitrogens with zero attached hydrogens (tertiary/aromatic N) is 3. The molecule has 1 spiro atoms. The second kappa shape index (κ2) is 12.3. The lowest BCUT2D eigenvalue weighted by Crippen LogP contribution is -2.60. The van der Waals surface area contributed by atoms with Crippen molar-refractivity contribution in [3.8, 4) is 0 Å². The Kier molecular flexibility index (Phi) is 9.37. The average molecular weight is 620 g/mol. The molecule has 3 aliphatic heterocycles. The predicted octanol–water partition coefficient (Wildman–Crippen LogP) is 6.45. The van der Waals surface area contributed by atoms with Crippen LogP contribution in [0.25, 0.3) is 0 Å². The predicted molar refractivity (Wildman–Crippen MR) is 144 cm³/mol. The van der Waals surface area contributed by atoms with Crippen LogP contribution in [-0.4, -0.2) is 78.1 Å². The van der Waals surface area contributed by atoms with Crippen LogP contribution in [0.4, 0.5) is 31.1 Å². The number of hydrogen-bond donors (Lipinski definition) is 0. The molecule has 230 valence electrons. The molecular formula is C29H32ClF6N3O3. The van der Waals surface area contributed by atoms with Crippen LogP contribution < -0.4 is 0 Å². The maximum Gasteiger partial charge on any atom is 0.416 e. The lowest BCUT2D eigenvalue weighted by Gasteiger charge is -2.50. The number of ether oxygens (including phenoxy) is 1. The first-order valence-corrected chi connectivity index (χ1v) is 13.7. The largest absolute Gasteiger partial charge is 0.442 e. The number of likely N-dealkylation sites (tertiary alicyclic amines) is 2. The third kappa shape index (κ3) is 6.80. The van der Waals surface area contributed by atoms with Crippen molar-refractivity contribution in [1.82, 2.24) is 14.7 Å². The van der Waals surface area contributed by atoms with Crippen molar-refractivity contribution in [3.05, 3.63) is 70.8 Å². The van der Waals surface area contributed by atoms with E-state index in [0.29, 0.717) is 25.2 Å². The van der Waals surface area contributed by atoms with Gasteiger partial charge in [0.25, 0.3) is 5.91 Å². The van der Waals surface area contributed by atoms with Crippen LogP contribution in [0.5, 0.6) is 0 Å². The Morgan fingerprint density at radius 2 is 1.43 bits per heavy atom. The minimum Gasteiger partial charge on any atom is -0.442 e. The molecule has 0 N–H and O–H groups in total. The monoisotopic (exact) mass is 619 g/mol. The number of alkyl halides is 6. The quantitative estimate of drug-likeness (QED) is 0.361. The van der Waals surface area contributed by atoms with Crippen molar-refractivity contribution in [2.75, 3.05) is 45.8 Å². The van der Waals surface area contributed by atoms with Gasteiger partial charge in [0.2, 0.25) is 0 Å². The van der Waals surface area contributed by atoms with Crippen molar-refractivity contribution in [2.24, 2.45) is 0 Å². The highest BCUT2D eigenvalue weighted by molar-refractivity contribution is 5.94. The van der Waals surface area contributed by atoms with E-state index in [4.69, 9.17) is 4.74 Å². The van der Waals surface area contributed by atoms with E-state index in [1.54, 1.807) is 4.90 Å². The Hall–Kier alpha value is -2.99. The summed E-state index contributed by atoms with van der Waals surface area (Å²) in [6, 6.07) is 10.5. The van der Waals surface area contributed by atoms with E-state index >= 15 is 0 Å². The molecule has 3 aliphatic rings. The lowest BCUT2D eigenvalue weighted by molar-refractivity contribution is -0.143. The molecule has 1 unspecified atom stereocenters. The number of rotatable bonds is 5. The van der Waals surface area contributed by atoms with Crippen LogP contribution >= 0.6 is 12.4 Å². The minimum atomic E-state index is -5.05. The van der Waals surface area contributed by atoms with Crippen LogP contribution in [0.3, 0.4) is 0 Å². The Bertz CT molecular complexity index is 1230. The van der Waals surface area contributed by atoms with E-state index < -0.39 is 46.6 Å². The van der Waals surface area contributed by atoms with E-state index in [-0.39, 0.29) is 50.3 Å². The Labute approximate surface area is 246 Å². The van der Waals surface area contributed by atoms with E-state index in [2.05, 4.69) is 4.90 Å². The molecule has 0 radical (unpaired) electrons. The molecule has 5 rings (SSSR count). The molecule has 3 fully saturated rings. The lowest BCUT2D eigenvalue weighted by atomic mass is 9.74. The molecule has 3 heterocycles. The summed E-state index contributed by atoms with van der Waals surface area (Å²) in [4.78, 5) is 31.5. The topological polar surface area (TPSA) is 53.1 Å². The van der Waals surface area contributed by atoms with Crippen LogP contribution in [0, 0.1) is 0 Å². The standard InChI is InChI=1S/C29H31F6N3O3.ClH/c30-28(31,32)22-16-21(17-23(18-22)29(33,34)35)25(39)37-12-8-27(9-13-37)24(20-6-2-1-3-7-20)19-38(26(40)41-27)15-14-36-10-4-5-11-36;/h1-3,6-7,16-18,24H,4-5,8-15,19H2;1H. The van der Waals surface area contributed by atoms with Crippen molar-refractivity contribution in [1.29, 1.82) is 0 Å². The Morgan fingerprint density at radius 1 is 0.857 bits per heavy atom. The van der Waals surface area contributed by atoms with Crippen LogP contribution in [-0.2, 0) is 17.1 Å². The molecule has 2 aromatic carbocycles. The molecule has 0 aliphatic carbocycles. The highest BCUT2D eigenvalue weighted by Gasteiger charge is 2.51. The smallest absolute Gasteiger partial charge is 0.416 e. The van der Waals surface area contributed by atoms with Gasteiger partial charge in [-0.3, -0.25) is 4.79 Å². The van der Waals surface area contributed by atoms with Crippen molar-refractivity contribution >= 4 is 24.4 Å². The maximum absolute atomic E-state index is 13.3. The highest BCUT2D eigenvalue weighted by Crippen LogP contribution is 2.44. The summed E-state index contributed by atoms with van der Waals surface area (Å²) < 4.78 is 86.2. The maximum atomic E-state index is 13.3. The van der Waals surface area contributed by atoms with E-state index in [9.17, 15) is 35.9 Å². The van der Waals surface area contributed by atoms with Gasteiger partial charge in [-0.2, -0.15) is 26.3 Å². The molecule has 0 saturated carbocycles. The zero-order chi connectivity index (χ0) is 29.4. The van der Waals surface area contributed by atoms with E-state index in [1.807, 2.05) is 30.3 Å². The fourth-order valence-corrected chi connectivity index (χ4v) is 6.12. The molecule has 0 bridgehead atoms. The first-order valence-electron chi connectivity index (χ1n) is 13.7. The van der Waals surface area contributed by atoms with E-state index in [0.717, 1.165) is 38.0 Å². The third-order valence-corrected chi connectivity index (χ3v) is 8.41.